The van der Waals surface area contributed by atoms with Crippen molar-refractivity contribution in [3.8, 4) is 0 Å². The highest BCUT2D eigenvalue weighted by molar-refractivity contribution is 6.61. The Bertz CT molecular complexity index is 722. The molecular weight excluding hydrogens is 324 g/mol. The summed E-state index contributed by atoms with van der Waals surface area (Å²) in [6.07, 6.45) is -5.66. The van der Waals surface area contributed by atoms with Gasteiger partial charge in [-0.05, 0) is 11.5 Å². The van der Waals surface area contributed by atoms with Crippen molar-refractivity contribution in [3.63, 3.8) is 0 Å². The Morgan fingerprint density at radius 2 is 2.00 bits per heavy atom. The molecule has 1 atom stereocenters. The molecule has 1 fully saturated rings. The van der Waals surface area contributed by atoms with E-state index in [4.69, 9.17) is 9.31 Å². The van der Waals surface area contributed by atoms with E-state index < -0.39 is 25.9 Å². The summed E-state index contributed by atoms with van der Waals surface area (Å²) in [7, 11) is -0.494. The molecule has 1 N–H and O–H groups in total. The van der Waals surface area contributed by atoms with Gasteiger partial charge in [0.1, 0.15) is 0 Å². The van der Waals surface area contributed by atoms with Crippen LogP contribution >= 0.6 is 0 Å². The van der Waals surface area contributed by atoms with E-state index in [2.05, 4.69) is 5.10 Å². The molecule has 1 aromatic carbocycles. The van der Waals surface area contributed by atoms with Gasteiger partial charge in [-0.3, -0.25) is 4.68 Å². The Morgan fingerprint density at radius 1 is 1.33 bits per heavy atom. The van der Waals surface area contributed by atoms with E-state index >= 15 is 0 Å². The van der Waals surface area contributed by atoms with E-state index in [0.29, 0.717) is 24.1 Å². The van der Waals surface area contributed by atoms with E-state index in [-0.39, 0.29) is 5.41 Å². The van der Waals surface area contributed by atoms with Crippen LogP contribution in [-0.4, -0.2) is 47.5 Å². The van der Waals surface area contributed by atoms with Gasteiger partial charge in [-0.1, -0.05) is 26.0 Å². The number of hydrogen-bond acceptors (Lipinski definition) is 4. The van der Waals surface area contributed by atoms with Gasteiger partial charge in [0.2, 0.25) is 0 Å². The lowest BCUT2D eigenvalue weighted by atomic mass is 9.75. The van der Waals surface area contributed by atoms with Crippen LogP contribution in [0.15, 0.2) is 24.4 Å². The maximum Gasteiger partial charge on any atom is 0.493 e. The molecule has 2 aromatic rings. The third kappa shape index (κ3) is 3.58. The summed E-state index contributed by atoms with van der Waals surface area (Å²) in [5.74, 6) is 0. The molecule has 9 heteroatoms. The summed E-state index contributed by atoms with van der Waals surface area (Å²) < 4.78 is 50.0. The Hall–Kier alpha value is -1.58. The van der Waals surface area contributed by atoms with Gasteiger partial charge in [-0.25, -0.2) is 0 Å². The molecule has 1 aliphatic heterocycles. The van der Waals surface area contributed by atoms with Crippen LogP contribution in [0.4, 0.5) is 13.2 Å². The first-order valence-electron chi connectivity index (χ1n) is 7.59. The van der Waals surface area contributed by atoms with Crippen molar-refractivity contribution in [3.05, 3.63) is 24.4 Å². The molecule has 0 radical (unpaired) electrons. The van der Waals surface area contributed by atoms with E-state index in [0.717, 1.165) is 10.1 Å². The van der Waals surface area contributed by atoms with Crippen LogP contribution in [0.25, 0.3) is 10.9 Å². The molecule has 1 aliphatic rings. The van der Waals surface area contributed by atoms with E-state index in [1.807, 2.05) is 13.8 Å². The summed E-state index contributed by atoms with van der Waals surface area (Å²) in [5, 5.41) is 13.8. The van der Waals surface area contributed by atoms with Crippen molar-refractivity contribution in [2.75, 3.05) is 13.2 Å². The summed E-state index contributed by atoms with van der Waals surface area (Å²) in [5.41, 5.74) is 1.26. The Balaban J connectivity index is 1.79. The summed E-state index contributed by atoms with van der Waals surface area (Å²) in [6.45, 7) is 4.57. The number of fused-ring (bicyclic) bond motifs is 1. The number of nitrogens with zero attached hydrogens (tertiary/aromatic N) is 2. The average Bonchev–Trinajstić information content (AvgIpc) is 2.88. The molecule has 1 saturated heterocycles. The number of hydrogen-bond donors (Lipinski definition) is 1. The van der Waals surface area contributed by atoms with Crippen LogP contribution in [-0.2, 0) is 15.9 Å². The number of aliphatic hydroxyl groups is 1. The number of alkyl halides is 3. The van der Waals surface area contributed by atoms with Crippen LogP contribution in [0.1, 0.15) is 13.8 Å². The molecule has 0 unspecified atom stereocenters. The van der Waals surface area contributed by atoms with Gasteiger partial charge in [0, 0.05) is 24.0 Å². The zero-order valence-corrected chi connectivity index (χ0v) is 13.4. The minimum atomic E-state index is -4.67. The molecule has 3 rings (SSSR count). The first-order chi connectivity index (χ1) is 11.2. The summed E-state index contributed by atoms with van der Waals surface area (Å²) >= 11 is 0. The highest BCUT2D eigenvalue weighted by atomic mass is 19.4. The van der Waals surface area contributed by atoms with Crippen LogP contribution in [0.3, 0.4) is 0 Å². The van der Waals surface area contributed by atoms with Crippen LogP contribution in [0.5, 0.6) is 0 Å². The van der Waals surface area contributed by atoms with Gasteiger partial charge < -0.3 is 14.4 Å². The van der Waals surface area contributed by atoms with Crippen molar-refractivity contribution < 1.29 is 27.6 Å². The van der Waals surface area contributed by atoms with E-state index in [1.54, 1.807) is 18.2 Å². The van der Waals surface area contributed by atoms with Crippen LogP contribution in [0, 0.1) is 5.41 Å². The molecule has 1 aromatic heterocycles. The second-order valence-corrected chi connectivity index (χ2v) is 6.82. The maximum atomic E-state index is 12.5. The van der Waals surface area contributed by atoms with Gasteiger partial charge >= 0.3 is 13.3 Å². The normalized spacial score (nSPS) is 19.7. The molecule has 130 valence electrons. The van der Waals surface area contributed by atoms with Crippen molar-refractivity contribution in [1.29, 1.82) is 0 Å². The molecule has 0 spiro atoms. The van der Waals surface area contributed by atoms with Crippen LogP contribution in [0.2, 0.25) is 0 Å². The fourth-order valence-corrected chi connectivity index (χ4v) is 2.55. The molecule has 0 amide bonds. The minimum Gasteiger partial charge on any atom is -0.407 e. The summed E-state index contributed by atoms with van der Waals surface area (Å²) in [4.78, 5) is 0. The lowest BCUT2D eigenvalue weighted by Gasteiger charge is -2.33. The van der Waals surface area contributed by atoms with Gasteiger partial charge in [0.25, 0.3) is 0 Å². The van der Waals surface area contributed by atoms with E-state index in [9.17, 15) is 18.3 Å². The fraction of sp³-hybridized carbons (Fsp3) is 0.533. The Kier molecular flexibility index (Phi) is 4.35. The number of halogens is 3. The quantitative estimate of drug-likeness (QED) is 0.864. The first kappa shape index (κ1) is 17.3. The SMILES string of the molecule is CC1(C)COB(c2ccc3c(cnn3C[C@@H](O)C(F)(F)F)c2)OC1. The molecule has 0 bridgehead atoms. The maximum absolute atomic E-state index is 12.5. The minimum absolute atomic E-state index is 0.0424. The largest absolute Gasteiger partial charge is 0.493 e. The molecule has 0 saturated carbocycles. The molecule has 24 heavy (non-hydrogen) atoms. The highest BCUT2D eigenvalue weighted by Gasteiger charge is 2.39. The van der Waals surface area contributed by atoms with Crippen molar-refractivity contribution in [1.82, 2.24) is 9.78 Å². The van der Waals surface area contributed by atoms with Crippen molar-refractivity contribution in [2.45, 2.75) is 32.7 Å². The zero-order valence-electron chi connectivity index (χ0n) is 13.4. The Labute approximate surface area is 137 Å². The first-order valence-corrected chi connectivity index (χ1v) is 7.59. The van der Waals surface area contributed by atoms with E-state index in [1.165, 1.54) is 6.20 Å². The van der Waals surface area contributed by atoms with Crippen molar-refractivity contribution >= 4 is 23.5 Å². The standard InChI is InChI=1S/C15H18BF3N2O3/c1-14(2)8-23-16(24-9-14)11-3-4-12-10(5-11)6-20-21(12)7-13(22)15(17,18)19/h3-6,13,22H,7-9H2,1-2H3/t13-/m1/s1. The Morgan fingerprint density at radius 3 is 2.62 bits per heavy atom. The number of aromatic nitrogens is 2. The molecule has 5 nitrogen and oxygen atoms in total. The second-order valence-electron chi connectivity index (χ2n) is 6.82. The number of benzene rings is 1. The fourth-order valence-electron chi connectivity index (χ4n) is 2.55. The van der Waals surface area contributed by atoms with Crippen molar-refractivity contribution in [2.24, 2.45) is 5.41 Å². The van der Waals surface area contributed by atoms with Gasteiger partial charge in [0.15, 0.2) is 6.10 Å². The molecular formula is C15H18BF3N2O3. The third-order valence-electron chi connectivity index (χ3n) is 3.91. The monoisotopic (exact) mass is 342 g/mol. The predicted molar refractivity (Wildman–Crippen MR) is 82.9 cm³/mol. The summed E-state index contributed by atoms with van der Waals surface area (Å²) in [6, 6.07) is 5.18. The molecule has 0 aliphatic carbocycles. The topological polar surface area (TPSA) is 56.5 Å². The predicted octanol–water partition coefficient (Wildman–Crippen LogP) is 1.73. The lowest BCUT2D eigenvalue weighted by molar-refractivity contribution is -0.207. The van der Waals surface area contributed by atoms with Gasteiger partial charge in [-0.15, -0.1) is 0 Å². The molecule has 2 heterocycles. The second kappa shape index (κ2) is 6.05. The highest BCUT2D eigenvalue weighted by Crippen LogP contribution is 2.24. The lowest BCUT2D eigenvalue weighted by Crippen LogP contribution is -2.47. The van der Waals surface area contributed by atoms with Crippen LogP contribution < -0.4 is 5.46 Å². The van der Waals surface area contributed by atoms with Gasteiger partial charge in [-0.2, -0.15) is 18.3 Å². The smallest absolute Gasteiger partial charge is 0.407 e. The number of aliphatic hydroxyl groups excluding tert-OH is 1. The van der Waals surface area contributed by atoms with Gasteiger partial charge in [0.05, 0.1) is 18.3 Å². The zero-order chi connectivity index (χ0) is 17.5. The average molecular weight is 342 g/mol. The third-order valence-corrected chi connectivity index (χ3v) is 3.91. The number of rotatable bonds is 3.